The molecule has 1 aromatic rings. The number of hydrogen-bond donors (Lipinski definition) is 0. The quantitative estimate of drug-likeness (QED) is 0.187. The second-order valence-electron chi connectivity index (χ2n) is 6.94. The van der Waals surface area contributed by atoms with Crippen molar-refractivity contribution in [1.29, 1.82) is 0 Å². The average molecular weight is 487 g/mol. The largest absolute Gasteiger partial charge is 0.493 e. The van der Waals surface area contributed by atoms with Crippen molar-refractivity contribution in [3.8, 4) is 11.5 Å². The zero-order chi connectivity index (χ0) is 23.7. The highest BCUT2D eigenvalue weighted by Crippen LogP contribution is 2.39. The zero-order valence-corrected chi connectivity index (χ0v) is 20.5. The van der Waals surface area contributed by atoms with Crippen LogP contribution in [-0.4, -0.2) is 71.2 Å². The normalized spacial score (nSPS) is 15.7. The van der Waals surface area contributed by atoms with Crippen LogP contribution in [0, 0.1) is 10.1 Å². The number of nitro groups is 1. The van der Waals surface area contributed by atoms with Gasteiger partial charge in [-0.05, 0) is 24.3 Å². The molecule has 0 bridgehead atoms. The van der Waals surface area contributed by atoms with Crippen LogP contribution in [0.3, 0.4) is 0 Å². The lowest BCUT2D eigenvalue weighted by molar-refractivity contribution is -0.385. The topological polar surface area (TPSA) is 108 Å². The molecule has 1 aromatic carbocycles. The Bertz CT molecular complexity index is 816. The van der Waals surface area contributed by atoms with E-state index in [2.05, 4.69) is 18.6 Å². The highest BCUT2D eigenvalue weighted by Gasteiger charge is 2.38. The molecule has 0 radical (unpaired) electrons. The van der Waals surface area contributed by atoms with Crippen LogP contribution in [0.15, 0.2) is 12.1 Å². The first-order chi connectivity index (χ1) is 15.4. The van der Waals surface area contributed by atoms with Gasteiger partial charge < -0.3 is 19.1 Å². The smallest absolute Gasteiger partial charge is 0.308 e. The zero-order valence-electron chi connectivity index (χ0n) is 18.8. The van der Waals surface area contributed by atoms with E-state index in [1.165, 1.54) is 26.4 Å². The number of ether oxygens (including phenoxy) is 3. The number of methoxy groups -OCH3 is 2. The van der Waals surface area contributed by atoms with Gasteiger partial charge in [-0.15, -0.1) is 23.5 Å². The Morgan fingerprint density at radius 2 is 1.91 bits per heavy atom. The second-order valence-corrected chi connectivity index (χ2v) is 10.1. The highest BCUT2D eigenvalue weighted by molar-refractivity contribution is 8.17. The van der Waals surface area contributed by atoms with Crippen LogP contribution in [0.25, 0.3) is 0 Å². The van der Waals surface area contributed by atoms with Crippen LogP contribution < -0.4 is 9.47 Å². The fraction of sp³-hybridized carbons (Fsp3) is 0.619. The monoisotopic (exact) mass is 486 g/mol. The van der Waals surface area contributed by atoms with E-state index in [0.717, 1.165) is 24.3 Å². The summed E-state index contributed by atoms with van der Waals surface area (Å²) in [5, 5.41) is 11.8. The Labute approximate surface area is 196 Å². The van der Waals surface area contributed by atoms with Gasteiger partial charge in [0.1, 0.15) is 5.56 Å². The summed E-state index contributed by atoms with van der Waals surface area (Å²) >= 11 is 3.60. The Morgan fingerprint density at radius 1 is 1.22 bits per heavy atom. The first-order valence-corrected chi connectivity index (χ1v) is 12.6. The molecule has 1 aliphatic heterocycles. The molecule has 178 valence electrons. The number of benzene rings is 1. The van der Waals surface area contributed by atoms with Crippen molar-refractivity contribution in [1.82, 2.24) is 4.90 Å². The predicted octanol–water partition coefficient (Wildman–Crippen LogP) is 3.98. The molecular formula is C21H30N2O7S2. The third-order valence-corrected chi connectivity index (χ3v) is 7.81. The first-order valence-electron chi connectivity index (χ1n) is 10.5. The van der Waals surface area contributed by atoms with Crippen molar-refractivity contribution in [2.75, 3.05) is 38.9 Å². The number of nitro benzene ring substituents is 1. The molecule has 1 saturated heterocycles. The maximum Gasteiger partial charge on any atom is 0.308 e. The molecule has 1 atom stereocenters. The van der Waals surface area contributed by atoms with Gasteiger partial charge in [-0.2, -0.15) is 0 Å². The summed E-state index contributed by atoms with van der Waals surface area (Å²) in [6, 6.07) is 2.56. The van der Waals surface area contributed by atoms with E-state index in [0.29, 0.717) is 6.54 Å². The van der Waals surface area contributed by atoms with Crippen LogP contribution in [0.4, 0.5) is 5.69 Å². The number of likely N-dealkylation sites (tertiary alicyclic amines) is 1. The van der Waals surface area contributed by atoms with Crippen molar-refractivity contribution < 1.29 is 28.7 Å². The molecule has 9 nitrogen and oxygen atoms in total. The second kappa shape index (κ2) is 12.8. The van der Waals surface area contributed by atoms with Gasteiger partial charge >= 0.3 is 5.97 Å². The molecule has 1 amide bonds. The van der Waals surface area contributed by atoms with Gasteiger partial charge in [-0.25, -0.2) is 0 Å². The summed E-state index contributed by atoms with van der Waals surface area (Å²) in [6.07, 6.45) is 1.71. The Kier molecular flexibility index (Phi) is 10.4. The summed E-state index contributed by atoms with van der Waals surface area (Å²) in [5.41, 5.74) is -0.377. The molecule has 0 saturated carbocycles. The SMILES string of the molecule is CCSC(SCC)[C@@H]1CCCN1C(=O)c1cc(OC)c(OCCC(=O)OC)cc1[N+](=O)[O-]. The molecule has 0 unspecified atom stereocenters. The van der Waals surface area contributed by atoms with Crippen molar-refractivity contribution in [2.45, 2.75) is 43.7 Å². The number of amides is 1. The highest BCUT2D eigenvalue weighted by atomic mass is 32.2. The van der Waals surface area contributed by atoms with Gasteiger partial charge in [-0.3, -0.25) is 19.7 Å². The molecule has 1 heterocycles. The van der Waals surface area contributed by atoms with E-state index >= 15 is 0 Å². The Hall–Kier alpha value is -2.14. The molecule has 11 heteroatoms. The Morgan fingerprint density at radius 3 is 2.47 bits per heavy atom. The van der Waals surface area contributed by atoms with Crippen LogP contribution in [0.1, 0.15) is 43.5 Å². The molecule has 2 rings (SSSR count). The van der Waals surface area contributed by atoms with E-state index in [4.69, 9.17) is 9.47 Å². The number of esters is 1. The number of hydrogen-bond acceptors (Lipinski definition) is 9. The van der Waals surface area contributed by atoms with E-state index in [9.17, 15) is 19.7 Å². The standard InChI is InChI=1S/C21H30N2O7S2/c1-5-31-21(32-6-2)15-8-7-10-22(15)20(25)14-12-17(28-3)18(13-16(14)23(26)27)30-11-9-19(24)29-4/h12-13,15,21H,5-11H2,1-4H3/t15-/m0/s1. The number of rotatable bonds is 12. The molecule has 0 aliphatic carbocycles. The summed E-state index contributed by atoms with van der Waals surface area (Å²) in [7, 11) is 2.66. The maximum absolute atomic E-state index is 13.5. The number of thioether (sulfide) groups is 2. The van der Waals surface area contributed by atoms with Gasteiger partial charge in [0, 0.05) is 12.6 Å². The molecule has 0 aromatic heterocycles. The molecule has 1 aliphatic rings. The van der Waals surface area contributed by atoms with Gasteiger partial charge in [0.15, 0.2) is 11.5 Å². The molecule has 1 fully saturated rings. The summed E-state index contributed by atoms with van der Waals surface area (Å²) < 4.78 is 15.6. The first kappa shape index (κ1) is 26.1. The lowest BCUT2D eigenvalue weighted by atomic mass is 10.1. The van der Waals surface area contributed by atoms with Crippen molar-refractivity contribution in [3.05, 3.63) is 27.8 Å². The van der Waals surface area contributed by atoms with Crippen LogP contribution in [0.2, 0.25) is 0 Å². The van der Waals surface area contributed by atoms with Crippen molar-refractivity contribution in [2.24, 2.45) is 0 Å². The lowest BCUT2D eigenvalue weighted by Crippen LogP contribution is -2.41. The molecule has 0 spiro atoms. The van der Waals surface area contributed by atoms with E-state index in [1.54, 1.807) is 28.4 Å². The third-order valence-electron chi connectivity index (χ3n) is 5.04. The fourth-order valence-corrected chi connectivity index (χ4v) is 6.44. The number of nitrogens with zero attached hydrogens (tertiary/aromatic N) is 2. The lowest BCUT2D eigenvalue weighted by Gasteiger charge is -2.31. The van der Waals surface area contributed by atoms with Crippen LogP contribution >= 0.6 is 23.5 Å². The number of carbonyl (C=O) groups excluding carboxylic acids is 2. The van der Waals surface area contributed by atoms with Crippen LogP contribution in [-0.2, 0) is 9.53 Å². The van der Waals surface area contributed by atoms with Gasteiger partial charge in [0.05, 0.1) is 48.9 Å². The predicted molar refractivity (Wildman–Crippen MR) is 126 cm³/mol. The summed E-state index contributed by atoms with van der Waals surface area (Å²) in [6.45, 7) is 4.70. The van der Waals surface area contributed by atoms with E-state index in [1.807, 2.05) is 0 Å². The molecular weight excluding hydrogens is 456 g/mol. The van der Waals surface area contributed by atoms with Crippen molar-refractivity contribution in [3.63, 3.8) is 0 Å². The minimum Gasteiger partial charge on any atom is -0.493 e. The third kappa shape index (κ3) is 6.44. The fourth-order valence-electron chi connectivity index (χ4n) is 3.57. The molecule has 0 N–H and O–H groups in total. The minimum atomic E-state index is -0.593. The van der Waals surface area contributed by atoms with Gasteiger partial charge in [0.25, 0.3) is 11.6 Å². The maximum atomic E-state index is 13.5. The van der Waals surface area contributed by atoms with E-state index < -0.39 is 10.9 Å². The van der Waals surface area contributed by atoms with E-state index in [-0.39, 0.29) is 52.3 Å². The minimum absolute atomic E-state index is 0.0129. The van der Waals surface area contributed by atoms with Gasteiger partial charge in [0.2, 0.25) is 0 Å². The number of carbonyl (C=O) groups is 2. The average Bonchev–Trinajstić information content (AvgIpc) is 3.27. The summed E-state index contributed by atoms with van der Waals surface area (Å²) in [4.78, 5) is 37.7. The van der Waals surface area contributed by atoms with Crippen molar-refractivity contribution >= 4 is 41.1 Å². The Balaban J connectivity index is 2.35. The summed E-state index contributed by atoms with van der Waals surface area (Å²) in [5.74, 6) is 1.32. The van der Waals surface area contributed by atoms with Crippen LogP contribution in [0.5, 0.6) is 11.5 Å². The van der Waals surface area contributed by atoms with Gasteiger partial charge in [-0.1, -0.05) is 13.8 Å². The molecule has 32 heavy (non-hydrogen) atoms.